The Balaban J connectivity index is 3.00. The van der Waals surface area contributed by atoms with Gasteiger partial charge in [-0.1, -0.05) is 31.9 Å². The van der Waals surface area contributed by atoms with Crippen LogP contribution in [-0.2, 0) is 14.8 Å². The minimum Gasteiger partial charge on any atom is -0.480 e. The molecule has 7 heteroatoms. The number of hydrogen-bond acceptors (Lipinski definition) is 3. The van der Waals surface area contributed by atoms with Crippen molar-refractivity contribution in [2.24, 2.45) is 5.92 Å². The Hall–Kier alpha value is -1.11. The predicted molar refractivity (Wildman–Crippen MR) is 72.7 cm³/mol. The first-order chi connectivity index (χ1) is 8.77. The van der Waals surface area contributed by atoms with Gasteiger partial charge in [0.25, 0.3) is 0 Å². The molecule has 0 unspecified atom stereocenters. The summed E-state index contributed by atoms with van der Waals surface area (Å²) in [6.45, 7) is 3.49. The highest BCUT2D eigenvalue weighted by Crippen LogP contribution is 2.16. The smallest absolute Gasteiger partial charge is 0.322 e. The summed E-state index contributed by atoms with van der Waals surface area (Å²) in [6.07, 6.45) is 0.556. The lowest BCUT2D eigenvalue weighted by Crippen LogP contribution is -2.44. The molecule has 5 nitrogen and oxygen atoms in total. The van der Waals surface area contributed by atoms with E-state index in [0.717, 1.165) is 0 Å². The molecule has 0 bridgehead atoms. The molecule has 0 spiro atoms. The molecular formula is C12H16ClNO4S. The number of nitrogens with one attached hydrogen (secondary N) is 1. The number of sulfonamides is 1. The second-order valence-electron chi connectivity index (χ2n) is 4.28. The van der Waals surface area contributed by atoms with Crippen molar-refractivity contribution in [2.75, 3.05) is 0 Å². The summed E-state index contributed by atoms with van der Waals surface area (Å²) in [4.78, 5) is 11.1. The predicted octanol–water partition coefficient (Wildman–Crippen LogP) is 2.12. The maximum absolute atomic E-state index is 12.1. The molecule has 0 heterocycles. The van der Waals surface area contributed by atoms with Crippen molar-refractivity contribution >= 4 is 27.6 Å². The lowest BCUT2D eigenvalue weighted by Gasteiger charge is -2.20. The normalized spacial score (nSPS) is 14.9. The summed E-state index contributed by atoms with van der Waals surface area (Å²) >= 11 is 5.68. The molecule has 0 radical (unpaired) electrons. The van der Waals surface area contributed by atoms with E-state index in [9.17, 15) is 13.2 Å². The van der Waals surface area contributed by atoms with E-state index in [0.29, 0.717) is 11.4 Å². The molecule has 106 valence electrons. The van der Waals surface area contributed by atoms with Crippen LogP contribution in [0.2, 0.25) is 5.02 Å². The van der Waals surface area contributed by atoms with Crippen LogP contribution in [0.15, 0.2) is 29.2 Å². The van der Waals surface area contributed by atoms with Gasteiger partial charge < -0.3 is 5.11 Å². The highest BCUT2D eigenvalue weighted by atomic mass is 35.5. The highest BCUT2D eigenvalue weighted by Gasteiger charge is 2.29. The van der Waals surface area contributed by atoms with Crippen molar-refractivity contribution in [1.29, 1.82) is 0 Å². The monoisotopic (exact) mass is 305 g/mol. The molecule has 2 N–H and O–H groups in total. The topological polar surface area (TPSA) is 83.5 Å². The van der Waals surface area contributed by atoms with Gasteiger partial charge in [0.05, 0.1) is 4.90 Å². The fourth-order valence-electron chi connectivity index (χ4n) is 1.49. The number of hydrogen-bond donors (Lipinski definition) is 2. The van der Waals surface area contributed by atoms with Gasteiger partial charge in [-0.3, -0.25) is 4.79 Å². The average molecular weight is 306 g/mol. The summed E-state index contributed by atoms with van der Waals surface area (Å²) in [6, 6.07) is 4.40. The van der Waals surface area contributed by atoms with E-state index in [-0.39, 0.29) is 10.8 Å². The molecule has 0 amide bonds. The van der Waals surface area contributed by atoms with Crippen molar-refractivity contribution in [3.63, 3.8) is 0 Å². The largest absolute Gasteiger partial charge is 0.480 e. The fraction of sp³-hybridized carbons (Fsp3) is 0.417. The Bertz CT molecular complexity index is 541. The van der Waals surface area contributed by atoms with E-state index >= 15 is 0 Å². The molecule has 1 rings (SSSR count). The van der Waals surface area contributed by atoms with Crippen LogP contribution < -0.4 is 4.72 Å². The molecule has 19 heavy (non-hydrogen) atoms. The number of benzene rings is 1. The SMILES string of the molecule is CC[C@@H](C)[C@H](NS(=O)(=O)c1ccc(Cl)cc1)C(=O)O. The minimum atomic E-state index is -3.87. The Labute approximate surface area is 117 Å². The molecule has 0 aliphatic heterocycles. The minimum absolute atomic E-state index is 0.00791. The van der Waals surface area contributed by atoms with E-state index in [4.69, 9.17) is 16.7 Å². The van der Waals surface area contributed by atoms with E-state index in [1.807, 2.05) is 0 Å². The van der Waals surface area contributed by atoms with Gasteiger partial charge in [-0.25, -0.2) is 8.42 Å². The average Bonchev–Trinajstić information content (AvgIpc) is 2.35. The Morgan fingerprint density at radius 1 is 1.37 bits per heavy atom. The maximum Gasteiger partial charge on any atom is 0.322 e. The Kier molecular flexibility index (Phi) is 5.34. The quantitative estimate of drug-likeness (QED) is 0.843. The zero-order valence-corrected chi connectivity index (χ0v) is 12.2. The number of halogens is 1. The van der Waals surface area contributed by atoms with Gasteiger partial charge in [0.15, 0.2) is 0 Å². The number of rotatable bonds is 6. The third-order valence-corrected chi connectivity index (χ3v) is 4.59. The van der Waals surface area contributed by atoms with Gasteiger partial charge in [0.2, 0.25) is 10.0 Å². The zero-order chi connectivity index (χ0) is 14.6. The summed E-state index contributed by atoms with van der Waals surface area (Å²) in [5.74, 6) is -1.49. The number of aliphatic carboxylic acids is 1. The molecule has 0 saturated heterocycles. The molecule has 1 aromatic carbocycles. The summed E-state index contributed by atoms with van der Waals surface area (Å²) in [5, 5.41) is 9.49. The van der Waals surface area contributed by atoms with Crippen molar-refractivity contribution < 1.29 is 18.3 Å². The molecular weight excluding hydrogens is 290 g/mol. The number of carboxylic acids is 1. The van der Waals surface area contributed by atoms with Crippen LogP contribution in [0.5, 0.6) is 0 Å². The number of carboxylic acid groups (broad SMARTS) is 1. The lowest BCUT2D eigenvalue weighted by molar-refractivity contribution is -0.140. The summed E-state index contributed by atoms with van der Waals surface area (Å²) in [7, 11) is -3.87. The number of carbonyl (C=O) groups is 1. The third-order valence-electron chi connectivity index (χ3n) is 2.89. The van der Waals surface area contributed by atoms with Crippen molar-refractivity contribution in [3.05, 3.63) is 29.3 Å². The summed E-state index contributed by atoms with van der Waals surface area (Å²) in [5.41, 5.74) is 0. The maximum atomic E-state index is 12.1. The van der Waals surface area contributed by atoms with Gasteiger partial charge >= 0.3 is 5.97 Å². The van der Waals surface area contributed by atoms with Gasteiger partial charge in [0, 0.05) is 5.02 Å². The van der Waals surface area contributed by atoms with E-state index in [1.54, 1.807) is 13.8 Å². The van der Waals surface area contributed by atoms with E-state index in [2.05, 4.69) is 4.72 Å². The first kappa shape index (κ1) is 15.9. The first-order valence-corrected chi connectivity index (χ1v) is 7.64. The van der Waals surface area contributed by atoms with E-state index in [1.165, 1.54) is 24.3 Å². The Morgan fingerprint density at radius 2 is 1.89 bits per heavy atom. The van der Waals surface area contributed by atoms with Crippen molar-refractivity contribution in [2.45, 2.75) is 31.2 Å². The first-order valence-electron chi connectivity index (χ1n) is 5.78. The molecule has 2 atom stereocenters. The van der Waals surface area contributed by atoms with Crippen LogP contribution in [-0.4, -0.2) is 25.5 Å². The Morgan fingerprint density at radius 3 is 2.32 bits per heavy atom. The van der Waals surface area contributed by atoms with Gasteiger partial charge in [-0.15, -0.1) is 0 Å². The van der Waals surface area contributed by atoms with Crippen LogP contribution in [0.4, 0.5) is 0 Å². The standard InChI is InChI=1S/C12H16ClNO4S/c1-3-8(2)11(12(15)16)14-19(17,18)10-6-4-9(13)5-7-10/h4-8,11,14H,3H2,1-2H3,(H,15,16)/t8-,11+/m1/s1. The van der Waals surface area contributed by atoms with E-state index < -0.39 is 22.0 Å². The van der Waals surface area contributed by atoms with Crippen LogP contribution >= 0.6 is 11.6 Å². The molecule has 0 saturated carbocycles. The van der Waals surface area contributed by atoms with Crippen molar-refractivity contribution in [3.8, 4) is 0 Å². The van der Waals surface area contributed by atoms with Gasteiger partial charge in [0.1, 0.15) is 6.04 Å². The molecule has 0 aliphatic rings. The van der Waals surface area contributed by atoms with Gasteiger partial charge in [-0.05, 0) is 30.2 Å². The second-order valence-corrected chi connectivity index (χ2v) is 6.43. The zero-order valence-electron chi connectivity index (χ0n) is 10.6. The van der Waals surface area contributed by atoms with Crippen molar-refractivity contribution in [1.82, 2.24) is 4.72 Å². The molecule has 1 aromatic rings. The fourth-order valence-corrected chi connectivity index (χ4v) is 2.92. The summed E-state index contributed by atoms with van der Waals surface area (Å²) < 4.78 is 26.3. The molecule has 0 fully saturated rings. The lowest BCUT2D eigenvalue weighted by atomic mass is 10.0. The van der Waals surface area contributed by atoms with Gasteiger partial charge in [-0.2, -0.15) is 4.72 Å². The van der Waals surface area contributed by atoms with Crippen LogP contribution in [0.25, 0.3) is 0 Å². The van der Waals surface area contributed by atoms with Crippen LogP contribution in [0.3, 0.4) is 0 Å². The molecule has 0 aromatic heterocycles. The van der Waals surface area contributed by atoms with Crippen LogP contribution in [0, 0.1) is 5.92 Å². The second kappa shape index (κ2) is 6.36. The van der Waals surface area contributed by atoms with Crippen LogP contribution in [0.1, 0.15) is 20.3 Å². The third kappa shape index (κ3) is 4.19. The molecule has 0 aliphatic carbocycles. The highest BCUT2D eigenvalue weighted by molar-refractivity contribution is 7.89.